The van der Waals surface area contributed by atoms with Crippen LogP contribution in [0.5, 0.6) is 11.6 Å². The Bertz CT molecular complexity index is 682. The molecule has 2 aromatic rings. The van der Waals surface area contributed by atoms with Crippen LogP contribution in [0.3, 0.4) is 0 Å². The number of hydrogen-bond acceptors (Lipinski definition) is 6. The Hall–Kier alpha value is -2.49. The lowest BCUT2D eigenvalue weighted by molar-refractivity contribution is -0.425. The minimum Gasteiger partial charge on any atom is -0.433 e. The van der Waals surface area contributed by atoms with Crippen LogP contribution in [0.1, 0.15) is 0 Å². The Balaban J connectivity index is 2.48. The Morgan fingerprint density at radius 2 is 1.80 bits per heavy atom. The van der Waals surface area contributed by atoms with Crippen molar-refractivity contribution in [3.8, 4) is 11.6 Å². The second kappa shape index (κ2) is 5.25. The molecule has 2 rings (SSSR count). The Morgan fingerprint density at radius 3 is 2.30 bits per heavy atom. The molecule has 1 aromatic carbocycles. The van der Waals surface area contributed by atoms with Crippen LogP contribution in [0.2, 0.25) is 0 Å². The molecule has 0 fully saturated rings. The van der Waals surface area contributed by atoms with Gasteiger partial charge in [-0.15, -0.1) is 4.68 Å². The third kappa shape index (κ3) is 2.59. The average Bonchev–Trinajstić information content (AvgIpc) is 2.70. The first-order chi connectivity index (χ1) is 9.40. The highest BCUT2D eigenvalue weighted by Crippen LogP contribution is 2.38. The summed E-state index contributed by atoms with van der Waals surface area (Å²) in [5.41, 5.74) is -0.777. The smallest absolute Gasteiger partial charge is 0.433 e. The maximum absolute atomic E-state index is 11.0. The summed E-state index contributed by atoms with van der Waals surface area (Å²) in [6.45, 7) is 0. The zero-order valence-corrected chi connectivity index (χ0v) is 11.6. The molecule has 1 aromatic heterocycles. The lowest BCUT2D eigenvalue weighted by Crippen LogP contribution is -1.97. The van der Waals surface area contributed by atoms with Crippen LogP contribution in [0.4, 0.5) is 11.5 Å². The van der Waals surface area contributed by atoms with Gasteiger partial charge < -0.3 is 14.9 Å². The summed E-state index contributed by atoms with van der Waals surface area (Å²) in [6.07, 6.45) is 0. The van der Waals surface area contributed by atoms with Crippen molar-refractivity contribution < 1.29 is 14.6 Å². The molecule has 0 atom stereocenters. The van der Waals surface area contributed by atoms with E-state index in [4.69, 9.17) is 4.74 Å². The van der Waals surface area contributed by atoms with Crippen LogP contribution < -0.4 is 4.74 Å². The van der Waals surface area contributed by atoms with Gasteiger partial charge in [0.2, 0.25) is 0 Å². The minimum atomic E-state index is -0.924. The van der Waals surface area contributed by atoms with Crippen molar-refractivity contribution in [1.29, 1.82) is 0 Å². The van der Waals surface area contributed by atoms with Crippen molar-refractivity contribution >= 4 is 27.4 Å². The van der Waals surface area contributed by atoms with E-state index in [9.17, 15) is 20.2 Å². The quantitative estimate of drug-likeness (QED) is 0.623. The third-order valence-corrected chi connectivity index (χ3v) is 2.87. The summed E-state index contributed by atoms with van der Waals surface area (Å²) in [7, 11) is 1.33. The van der Waals surface area contributed by atoms with Crippen LogP contribution in [0.25, 0.3) is 0 Å². The van der Waals surface area contributed by atoms with E-state index in [1.165, 1.54) is 7.05 Å². The lowest BCUT2D eigenvalue weighted by atomic mass is 10.3. The van der Waals surface area contributed by atoms with E-state index in [1.807, 2.05) is 0 Å². The largest absolute Gasteiger partial charge is 0.472 e. The first kappa shape index (κ1) is 13.9. The zero-order chi connectivity index (χ0) is 14.9. The van der Waals surface area contributed by atoms with Gasteiger partial charge >= 0.3 is 17.4 Å². The first-order valence-electron chi connectivity index (χ1n) is 5.19. The van der Waals surface area contributed by atoms with Gasteiger partial charge in [0.1, 0.15) is 5.75 Å². The molecule has 0 spiro atoms. The van der Waals surface area contributed by atoms with Gasteiger partial charge in [0.15, 0.2) is 0 Å². The fourth-order valence-electron chi connectivity index (χ4n) is 1.50. The van der Waals surface area contributed by atoms with Gasteiger partial charge in [-0.25, -0.2) is 0 Å². The van der Waals surface area contributed by atoms with Gasteiger partial charge in [-0.05, 0) is 29.2 Å². The Kier molecular flexibility index (Phi) is 3.66. The van der Waals surface area contributed by atoms with Crippen molar-refractivity contribution in [1.82, 2.24) is 9.78 Å². The van der Waals surface area contributed by atoms with Crippen LogP contribution in [-0.4, -0.2) is 19.6 Å². The van der Waals surface area contributed by atoms with Gasteiger partial charge in [0.05, 0.1) is 17.1 Å². The maximum atomic E-state index is 11.0. The normalized spacial score (nSPS) is 10.3. The third-order valence-electron chi connectivity index (χ3n) is 2.34. The van der Waals surface area contributed by atoms with E-state index in [1.54, 1.807) is 24.3 Å². The summed E-state index contributed by atoms with van der Waals surface area (Å²) in [6, 6.07) is 6.47. The van der Waals surface area contributed by atoms with Gasteiger partial charge in [-0.1, -0.05) is 15.9 Å². The molecule has 104 valence electrons. The van der Waals surface area contributed by atoms with Crippen molar-refractivity contribution in [3.63, 3.8) is 0 Å². The molecular formula is C10H7BrN4O5. The molecular weight excluding hydrogens is 336 g/mol. The average molecular weight is 343 g/mol. The highest BCUT2D eigenvalue weighted by molar-refractivity contribution is 9.10. The fourth-order valence-corrected chi connectivity index (χ4v) is 1.76. The molecule has 0 bridgehead atoms. The van der Waals surface area contributed by atoms with E-state index in [0.29, 0.717) is 5.75 Å². The number of ether oxygens (including phenoxy) is 1. The number of rotatable bonds is 4. The molecule has 0 saturated carbocycles. The number of hydrogen-bond donors (Lipinski definition) is 0. The molecule has 0 N–H and O–H groups in total. The van der Waals surface area contributed by atoms with E-state index in [2.05, 4.69) is 21.0 Å². The van der Waals surface area contributed by atoms with Crippen LogP contribution in [-0.2, 0) is 7.05 Å². The number of aryl methyl sites for hydroxylation is 1. The molecule has 9 nitrogen and oxygen atoms in total. The summed E-state index contributed by atoms with van der Waals surface area (Å²) >= 11 is 3.24. The number of nitrogens with zero attached hydrogens (tertiary/aromatic N) is 4. The molecule has 20 heavy (non-hydrogen) atoms. The second-order valence-corrected chi connectivity index (χ2v) is 4.59. The van der Waals surface area contributed by atoms with Crippen molar-refractivity contribution in [2.45, 2.75) is 0 Å². The van der Waals surface area contributed by atoms with E-state index >= 15 is 0 Å². The lowest BCUT2D eigenvalue weighted by Gasteiger charge is -2.02. The maximum Gasteiger partial charge on any atom is 0.472 e. The predicted molar refractivity (Wildman–Crippen MR) is 70.7 cm³/mol. The monoisotopic (exact) mass is 342 g/mol. The zero-order valence-electron chi connectivity index (χ0n) is 10.0. The topological polar surface area (TPSA) is 113 Å². The van der Waals surface area contributed by atoms with Crippen molar-refractivity contribution in [2.24, 2.45) is 7.05 Å². The van der Waals surface area contributed by atoms with E-state index in [0.717, 1.165) is 9.15 Å². The van der Waals surface area contributed by atoms with E-state index < -0.39 is 21.4 Å². The highest BCUT2D eigenvalue weighted by atomic mass is 79.9. The Labute approximate surface area is 120 Å². The molecule has 0 aliphatic carbocycles. The minimum absolute atomic E-state index is 0.300. The number of benzene rings is 1. The number of aromatic nitrogens is 2. The summed E-state index contributed by atoms with van der Waals surface area (Å²) in [5, 5.41) is 25.2. The van der Waals surface area contributed by atoms with Crippen molar-refractivity contribution in [2.75, 3.05) is 0 Å². The fraction of sp³-hybridized carbons (Fsp3) is 0.100. The SMILES string of the molecule is Cn1nc([N+](=O)[O-])c([N+](=O)[O-])c1Oc1ccc(Br)cc1. The molecule has 0 saturated heterocycles. The molecule has 0 aliphatic rings. The number of nitro groups is 2. The van der Waals surface area contributed by atoms with Crippen LogP contribution in [0.15, 0.2) is 28.7 Å². The highest BCUT2D eigenvalue weighted by Gasteiger charge is 2.38. The van der Waals surface area contributed by atoms with Gasteiger partial charge in [-0.3, -0.25) is 10.1 Å². The molecule has 0 radical (unpaired) electrons. The second-order valence-electron chi connectivity index (χ2n) is 3.67. The van der Waals surface area contributed by atoms with Gasteiger partial charge in [-0.2, -0.15) is 0 Å². The summed E-state index contributed by atoms with van der Waals surface area (Å²) in [4.78, 5) is 19.9. The first-order valence-corrected chi connectivity index (χ1v) is 5.98. The molecule has 0 unspecified atom stereocenters. The van der Waals surface area contributed by atoms with Gasteiger partial charge in [0.25, 0.3) is 0 Å². The van der Waals surface area contributed by atoms with Crippen LogP contribution >= 0.6 is 15.9 Å². The van der Waals surface area contributed by atoms with Gasteiger partial charge in [0, 0.05) is 4.47 Å². The van der Waals surface area contributed by atoms with E-state index in [-0.39, 0.29) is 5.88 Å². The number of halogens is 1. The van der Waals surface area contributed by atoms with Crippen LogP contribution in [0, 0.1) is 20.2 Å². The molecule has 10 heteroatoms. The van der Waals surface area contributed by atoms with Crippen molar-refractivity contribution in [3.05, 3.63) is 49.0 Å². The predicted octanol–water partition coefficient (Wildman–Crippen LogP) is 2.79. The molecule has 0 amide bonds. The molecule has 1 heterocycles. The summed E-state index contributed by atoms with van der Waals surface area (Å²) < 4.78 is 7.08. The summed E-state index contributed by atoms with van der Waals surface area (Å²) in [5.74, 6) is -0.858. The Morgan fingerprint density at radius 1 is 1.20 bits per heavy atom. The molecule has 0 aliphatic heterocycles. The standard InChI is InChI=1S/C10H7BrN4O5/c1-13-10(20-7-4-2-6(11)3-5-7)8(14(16)17)9(12-13)15(18)19/h2-5H,1H3.